The smallest absolute Gasteiger partial charge is 0.216 e. The van der Waals surface area contributed by atoms with Crippen molar-refractivity contribution in [3.8, 4) is 0 Å². The zero-order valence-electron chi connectivity index (χ0n) is 10.6. The molecule has 17 heavy (non-hydrogen) atoms. The van der Waals surface area contributed by atoms with Crippen LogP contribution in [0.25, 0.3) is 0 Å². The van der Waals surface area contributed by atoms with Crippen LogP contribution in [-0.2, 0) is 10.2 Å². The van der Waals surface area contributed by atoms with Crippen molar-refractivity contribution in [2.75, 3.05) is 0 Å². The van der Waals surface area contributed by atoms with E-state index in [2.05, 4.69) is 18.6 Å². The Labute approximate surface area is 104 Å². The molecule has 0 aromatic rings. The summed E-state index contributed by atoms with van der Waals surface area (Å²) in [4.78, 5) is 0. The van der Waals surface area contributed by atoms with Crippen LogP contribution in [0, 0.1) is 16.7 Å². The van der Waals surface area contributed by atoms with Crippen molar-refractivity contribution in [2.24, 2.45) is 21.9 Å². The van der Waals surface area contributed by atoms with Crippen LogP contribution in [0.1, 0.15) is 52.4 Å². The van der Waals surface area contributed by atoms with Gasteiger partial charge in [-0.3, -0.25) is 0 Å². The molecule has 0 spiro atoms. The van der Waals surface area contributed by atoms with E-state index in [9.17, 15) is 8.42 Å². The monoisotopic (exact) mass is 258 g/mol. The number of rotatable bonds is 2. The van der Waals surface area contributed by atoms with Crippen molar-refractivity contribution in [3.63, 3.8) is 0 Å². The lowest BCUT2D eigenvalue weighted by molar-refractivity contribution is -0.110. The molecule has 4 rings (SSSR count). The first-order valence-electron chi connectivity index (χ1n) is 6.43. The van der Waals surface area contributed by atoms with Gasteiger partial charge < -0.3 is 0 Å². The molecule has 0 heterocycles. The fourth-order valence-electron chi connectivity index (χ4n) is 5.86. The van der Waals surface area contributed by atoms with Crippen LogP contribution >= 0.6 is 0 Å². The minimum absolute atomic E-state index is 0.253. The highest BCUT2D eigenvalue weighted by atomic mass is 32.2. The SMILES string of the molecule is CC12CC3CC(C)(C1)CC(NS(N)(=O)=O)(C3)C2. The standard InChI is InChI=1S/C12H22N2O2S/c1-10-3-9-4-11(2,6-10)8-12(5-9,7-10)14-17(13,15)16/h9,14H,3-8H2,1-2H3,(H2,13,15,16). The zero-order chi connectivity index (χ0) is 12.5. The predicted octanol–water partition coefficient (Wildman–Crippen LogP) is 1.53. The van der Waals surface area contributed by atoms with Crippen molar-refractivity contribution in [2.45, 2.75) is 57.9 Å². The topological polar surface area (TPSA) is 72.2 Å². The Morgan fingerprint density at radius 2 is 1.59 bits per heavy atom. The van der Waals surface area contributed by atoms with E-state index < -0.39 is 10.2 Å². The Bertz CT molecular complexity index is 441. The summed E-state index contributed by atoms with van der Waals surface area (Å²) in [7, 11) is -3.59. The van der Waals surface area contributed by atoms with Crippen molar-refractivity contribution in [1.82, 2.24) is 4.72 Å². The minimum atomic E-state index is -3.59. The Morgan fingerprint density at radius 1 is 1.06 bits per heavy atom. The summed E-state index contributed by atoms with van der Waals surface area (Å²) < 4.78 is 25.5. The van der Waals surface area contributed by atoms with E-state index in [4.69, 9.17) is 5.14 Å². The third-order valence-corrected chi connectivity index (χ3v) is 5.70. The molecule has 0 aromatic carbocycles. The zero-order valence-corrected chi connectivity index (χ0v) is 11.4. The van der Waals surface area contributed by atoms with Gasteiger partial charge in [0.05, 0.1) is 0 Å². The number of hydrogen-bond donors (Lipinski definition) is 2. The molecule has 4 aliphatic rings. The lowest BCUT2D eigenvalue weighted by Gasteiger charge is -2.65. The molecule has 0 amide bonds. The molecule has 2 atom stereocenters. The largest absolute Gasteiger partial charge is 0.274 e. The summed E-state index contributed by atoms with van der Waals surface area (Å²) in [5.41, 5.74) is 0.369. The predicted molar refractivity (Wildman–Crippen MR) is 66.4 cm³/mol. The highest BCUT2D eigenvalue weighted by Crippen LogP contribution is 2.66. The summed E-state index contributed by atoms with van der Waals surface area (Å²) in [6.45, 7) is 4.63. The third kappa shape index (κ3) is 2.02. The second-order valence-electron chi connectivity index (χ2n) is 7.56. The van der Waals surface area contributed by atoms with Gasteiger partial charge >= 0.3 is 0 Å². The van der Waals surface area contributed by atoms with Crippen molar-refractivity contribution < 1.29 is 8.42 Å². The average molecular weight is 258 g/mol. The van der Waals surface area contributed by atoms with Gasteiger partial charge in [0.25, 0.3) is 10.2 Å². The molecule has 5 heteroatoms. The van der Waals surface area contributed by atoms with E-state index in [0.29, 0.717) is 16.7 Å². The van der Waals surface area contributed by atoms with Crippen molar-refractivity contribution in [3.05, 3.63) is 0 Å². The highest BCUT2D eigenvalue weighted by molar-refractivity contribution is 7.87. The van der Waals surface area contributed by atoms with Gasteiger partial charge in [-0.05, 0) is 55.3 Å². The summed E-state index contributed by atoms with van der Waals surface area (Å²) >= 11 is 0. The molecule has 98 valence electrons. The first-order chi connectivity index (χ1) is 7.61. The molecule has 0 aliphatic heterocycles. The Morgan fingerprint density at radius 3 is 2.00 bits per heavy atom. The summed E-state index contributed by atoms with van der Waals surface area (Å²) in [5.74, 6) is 0.676. The lowest BCUT2D eigenvalue weighted by Crippen LogP contribution is -2.65. The Kier molecular flexibility index (Phi) is 2.15. The van der Waals surface area contributed by atoms with Crippen molar-refractivity contribution >= 4 is 10.2 Å². The van der Waals surface area contributed by atoms with Gasteiger partial charge in [-0.1, -0.05) is 13.8 Å². The first kappa shape index (κ1) is 11.9. The van der Waals surface area contributed by atoms with Crippen LogP contribution in [0.15, 0.2) is 0 Å². The van der Waals surface area contributed by atoms with E-state index in [1.54, 1.807) is 0 Å². The minimum Gasteiger partial charge on any atom is -0.216 e. The van der Waals surface area contributed by atoms with Crippen LogP contribution in [0.5, 0.6) is 0 Å². The van der Waals surface area contributed by atoms with Crippen LogP contribution in [0.4, 0.5) is 0 Å². The molecule has 4 fully saturated rings. The summed E-state index contributed by atoms with van der Waals surface area (Å²) in [6.07, 6.45) is 6.66. The van der Waals surface area contributed by atoms with Gasteiger partial charge in [0.1, 0.15) is 0 Å². The number of hydrogen-bond acceptors (Lipinski definition) is 2. The number of nitrogens with two attached hydrogens (primary N) is 1. The van der Waals surface area contributed by atoms with E-state index >= 15 is 0 Å². The molecule has 4 saturated carbocycles. The van der Waals surface area contributed by atoms with E-state index in [-0.39, 0.29) is 5.54 Å². The molecule has 0 aromatic heterocycles. The van der Waals surface area contributed by atoms with Gasteiger partial charge in [-0.2, -0.15) is 13.1 Å². The normalized spacial score (nSPS) is 53.0. The number of nitrogens with one attached hydrogen (secondary N) is 1. The highest BCUT2D eigenvalue weighted by Gasteiger charge is 2.60. The van der Waals surface area contributed by atoms with Crippen LogP contribution in [-0.4, -0.2) is 14.0 Å². The maximum Gasteiger partial charge on any atom is 0.274 e. The van der Waals surface area contributed by atoms with E-state index in [0.717, 1.165) is 19.3 Å². The van der Waals surface area contributed by atoms with Crippen molar-refractivity contribution in [1.29, 1.82) is 0 Å². The molecule has 4 bridgehead atoms. The van der Waals surface area contributed by atoms with E-state index in [1.165, 1.54) is 19.3 Å². The van der Waals surface area contributed by atoms with Gasteiger partial charge in [-0.25, -0.2) is 5.14 Å². The average Bonchev–Trinajstić information content (AvgIpc) is 1.88. The maximum absolute atomic E-state index is 11.4. The summed E-state index contributed by atoms with van der Waals surface area (Å²) in [5, 5.41) is 5.20. The van der Waals surface area contributed by atoms with E-state index in [1.807, 2.05) is 0 Å². The van der Waals surface area contributed by atoms with Gasteiger partial charge in [-0.15, -0.1) is 0 Å². The fraction of sp³-hybridized carbons (Fsp3) is 1.00. The molecule has 2 unspecified atom stereocenters. The fourth-order valence-corrected chi connectivity index (χ4v) is 6.69. The Hall–Kier alpha value is -0.130. The summed E-state index contributed by atoms with van der Waals surface area (Å²) in [6, 6.07) is 0. The van der Waals surface area contributed by atoms with Gasteiger partial charge in [0.2, 0.25) is 0 Å². The molecular formula is C12H22N2O2S. The van der Waals surface area contributed by atoms with Gasteiger partial charge in [0, 0.05) is 5.54 Å². The second kappa shape index (κ2) is 3.06. The van der Waals surface area contributed by atoms with Crippen LogP contribution < -0.4 is 9.86 Å². The third-order valence-electron chi connectivity index (χ3n) is 4.99. The second-order valence-corrected chi connectivity index (χ2v) is 8.85. The van der Waals surface area contributed by atoms with Gasteiger partial charge in [0.15, 0.2) is 0 Å². The molecule has 4 aliphatic carbocycles. The first-order valence-corrected chi connectivity index (χ1v) is 7.98. The van der Waals surface area contributed by atoms with Crippen LogP contribution in [0.3, 0.4) is 0 Å². The van der Waals surface area contributed by atoms with Crippen LogP contribution in [0.2, 0.25) is 0 Å². The molecule has 3 N–H and O–H groups in total. The quantitative estimate of drug-likeness (QED) is 0.788. The molecule has 0 saturated heterocycles. The molecule has 4 nitrogen and oxygen atoms in total. The molecular weight excluding hydrogens is 236 g/mol. The molecule has 0 radical (unpaired) electrons. The lowest BCUT2D eigenvalue weighted by atomic mass is 9.43. The maximum atomic E-state index is 11.4. The Balaban J connectivity index is 1.97.